The normalized spacial score (nSPS) is 14.2. The minimum Gasteiger partial charge on any atom is -0.476 e. The SMILES string of the molecule is COC(=O)c1cc2cnc(Nc3ccc(OCCN4CCN(C(=O)OC(C)(C)C)CC4)nc3)nc2n(C)c1=O. The van der Waals surface area contributed by atoms with Gasteiger partial charge in [0.1, 0.15) is 23.4 Å². The topological polar surface area (TPSA) is 141 Å². The molecule has 1 saturated heterocycles. The van der Waals surface area contributed by atoms with Crippen LogP contribution in [0.15, 0.2) is 35.4 Å². The van der Waals surface area contributed by atoms with Crippen molar-refractivity contribution in [2.24, 2.45) is 7.05 Å². The molecular formula is C26H33N7O6. The second kappa shape index (κ2) is 11.6. The van der Waals surface area contributed by atoms with Crippen LogP contribution in [-0.2, 0) is 16.5 Å². The van der Waals surface area contributed by atoms with Crippen LogP contribution in [0.25, 0.3) is 11.0 Å². The summed E-state index contributed by atoms with van der Waals surface area (Å²) in [6.07, 6.45) is 2.85. The van der Waals surface area contributed by atoms with Gasteiger partial charge in [-0.2, -0.15) is 4.98 Å². The predicted octanol–water partition coefficient (Wildman–Crippen LogP) is 2.19. The van der Waals surface area contributed by atoms with E-state index in [2.05, 4.69) is 29.9 Å². The Bertz CT molecular complexity index is 1390. The van der Waals surface area contributed by atoms with E-state index in [0.29, 0.717) is 48.8 Å². The number of piperazine rings is 1. The number of rotatable bonds is 7. The molecule has 3 aromatic heterocycles. The maximum absolute atomic E-state index is 12.5. The van der Waals surface area contributed by atoms with E-state index in [-0.39, 0.29) is 17.6 Å². The van der Waals surface area contributed by atoms with Gasteiger partial charge in [-0.3, -0.25) is 14.3 Å². The monoisotopic (exact) mass is 539 g/mol. The number of carbonyl (C=O) groups is 2. The number of esters is 1. The van der Waals surface area contributed by atoms with E-state index in [1.165, 1.54) is 31.0 Å². The average molecular weight is 540 g/mol. The Morgan fingerprint density at radius 2 is 1.82 bits per heavy atom. The van der Waals surface area contributed by atoms with Gasteiger partial charge in [-0.15, -0.1) is 0 Å². The Labute approximate surface area is 225 Å². The molecule has 0 aromatic carbocycles. The number of nitrogens with one attached hydrogen (secondary N) is 1. The van der Waals surface area contributed by atoms with Crippen LogP contribution in [0.3, 0.4) is 0 Å². The molecule has 1 amide bonds. The molecule has 39 heavy (non-hydrogen) atoms. The summed E-state index contributed by atoms with van der Waals surface area (Å²) in [5.41, 5.74) is -0.0901. The smallest absolute Gasteiger partial charge is 0.410 e. The van der Waals surface area contributed by atoms with E-state index in [9.17, 15) is 14.4 Å². The van der Waals surface area contributed by atoms with Crippen LogP contribution in [-0.4, -0.2) is 93.4 Å². The zero-order chi connectivity index (χ0) is 28.2. The third kappa shape index (κ3) is 6.99. The van der Waals surface area contributed by atoms with Crippen molar-refractivity contribution in [3.8, 4) is 5.88 Å². The lowest BCUT2D eigenvalue weighted by molar-refractivity contribution is 0.0136. The maximum atomic E-state index is 12.5. The average Bonchev–Trinajstić information content (AvgIpc) is 2.91. The number of nitrogens with zero attached hydrogens (tertiary/aromatic N) is 6. The summed E-state index contributed by atoms with van der Waals surface area (Å²) in [6, 6.07) is 4.94. The van der Waals surface area contributed by atoms with E-state index >= 15 is 0 Å². The number of hydrogen-bond acceptors (Lipinski definition) is 11. The maximum Gasteiger partial charge on any atom is 0.410 e. The first-order chi connectivity index (χ1) is 18.5. The first-order valence-corrected chi connectivity index (χ1v) is 12.6. The summed E-state index contributed by atoms with van der Waals surface area (Å²) in [5.74, 6) is 0.0308. The van der Waals surface area contributed by atoms with Gasteiger partial charge in [0.05, 0.1) is 19.0 Å². The van der Waals surface area contributed by atoms with Crippen molar-refractivity contribution >= 4 is 34.7 Å². The summed E-state index contributed by atoms with van der Waals surface area (Å²) in [5, 5.41) is 3.58. The van der Waals surface area contributed by atoms with Crippen molar-refractivity contribution < 1.29 is 23.8 Å². The van der Waals surface area contributed by atoms with Gasteiger partial charge in [-0.1, -0.05) is 0 Å². The van der Waals surface area contributed by atoms with Crippen LogP contribution >= 0.6 is 0 Å². The standard InChI is InChI=1S/C26H33N7O6/c1-26(2,3)39-25(36)33-10-8-32(9-11-33)12-13-38-20-7-6-18(16-27-20)29-24-28-15-17-14-19(23(35)37-5)22(34)31(4)21(17)30-24/h6-7,14-16H,8-13H2,1-5H3,(H,28,29,30). The minimum atomic E-state index is -0.714. The van der Waals surface area contributed by atoms with Gasteiger partial charge in [0.25, 0.3) is 5.56 Å². The first kappa shape index (κ1) is 27.8. The lowest BCUT2D eigenvalue weighted by Crippen LogP contribution is -2.50. The number of methoxy groups -OCH3 is 1. The number of anilines is 2. The summed E-state index contributed by atoms with van der Waals surface area (Å²) in [7, 11) is 2.75. The highest BCUT2D eigenvalue weighted by molar-refractivity contribution is 5.93. The number of hydrogen-bond donors (Lipinski definition) is 1. The fraction of sp³-hybridized carbons (Fsp3) is 0.462. The van der Waals surface area contributed by atoms with Crippen LogP contribution in [0.2, 0.25) is 0 Å². The zero-order valence-electron chi connectivity index (χ0n) is 22.8. The molecule has 1 aliphatic rings. The highest BCUT2D eigenvalue weighted by atomic mass is 16.6. The van der Waals surface area contributed by atoms with Crippen molar-refractivity contribution in [1.82, 2.24) is 29.3 Å². The minimum absolute atomic E-state index is 0.0837. The molecule has 4 rings (SSSR count). The van der Waals surface area contributed by atoms with E-state index in [1.54, 1.807) is 23.2 Å². The number of aryl methyl sites for hydroxylation is 1. The zero-order valence-corrected chi connectivity index (χ0v) is 22.8. The lowest BCUT2D eigenvalue weighted by Gasteiger charge is -2.35. The van der Waals surface area contributed by atoms with E-state index in [1.807, 2.05) is 20.8 Å². The molecule has 1 N–H and O–H groups in total. The Morgan fingerprint density at radius 3 is 2.46 bits per heavy atom. The molecule has 0 aliphatic carbocycles. The molecule has 0 atom stereocenters. The van der Waals surface area contributed by atoms with Crippen molar-refractivity contribution in [3.05, 3.63) is 46.5 Å². The van der Waals surface area contributed by atoms with E-state index in [4.69, 9.17) is 9.47 Å². The van der Waals surface area contributed by atoms with Gasteiger partial charge in [0.2, 0.25) is 11.8 Å². The summed E-state index contributed by atoms with van der Waals surface area (Å²) in [4.78, 5) is 53.5. The number of amides is 1. The molecule has 1 aliphatic heterocycles. The van der Waals surface area contributed by atoms with Crippen LogP contribution in [0.4, 0.5) is 16.4 Å². The summed E-state index contributed by atoms with van der Waals surface area (Å²) >= 11 is 0. The molecule has 4 heterocycles. The molecular weight excluding hydrogens is 506 g/mol. The molecule has 3 aromatic rings. The fourth-order valence-corrected chi connectivity index (χ4v) is 3.99. The fourth-order valence-electron chi connectivity index (χ4n) is 3.99. The lowest BCUT2D eigenvalue weighted by atomic mass is 10.2. The molecule has 1 fully saturated rings. The number of ether oxygens (including phenoxy) is 3. The van der Waals surface area contributed by atoms with Crippen LogP contribution in [0.5, 0.6) is 5.88 Å². The highest BCUT2D eigenvalue weighted by Gasteiger charge is 2.25. The molecule has 208 valence electrons. The molecule has 13 nitrogen and oxygen atoms in total. The molecule has 13 heteroatoms. The highest BCUT2D eigenvalue weighted by Crippen LogP contribution is 2.18. The van der Waals surface area contributed by atoms with Gasteiger partial charge in [0, 0.05) is 57.4 Å². The van der Waals surface area contributed by atoms with Crippen LogP contribution < -0.4 is 15.6 Å². The van der Waals surface area contributed by atoms with E-state index in [0.717, 1.165) is 13.1 Å². The third-order valence-electron chi connectivity index (χ3n) is 6.03. The van der Waals surface area contributed by atoms with E-state index < -0.39 is 17.1 Å². The second-order valence-corrected chi connectivity index (χ2v) is 10.1. The van der Waals surface area contributed by atoms with Gasteiger partial charge >= 0.3 is 12.1 Å². The van der Waals surface area contributed by atoms with Crippen LogP contribution in [0, 0.1) is 0 Å². The molecule has 0 bridgehead atoms. The number of carbonyl (C=O) groups excluding carboxylic acids is 2. The summed E-state index contributed by atoms with van der Waals surface area (Å²) in [6.45, 7) is 9.49. The quantitative estimate of drug-likeness (QED) is 0.442. The Balaban J connectivity index is 1.28. The largest absolute Gasteiger partial charge is 0.476 e. The predicted molar refractivity (Wildman–Crippen MR) is 143 cm³/mol. The Hall–Kier alpha value is -4.26. The van der Waals surface area contributed by atoms with Gasteiger partial charge in [0.15, 0.2) is 0 Å². The molecule has 0 saturated carbocycles. The summed E-state index contributed by atoms with van der Waals surface area (Å²) < 4.78 is 17.2. The molecule has 0 radical (unpaired) electrons. The first-order valence-electron chi connectivity index (χ1n) is 12.6. The third-order valence-corrected chi connectivity index (χ3v) is 6.03. The molecule has 0 unspecified atom stereocenters. The second-order valence-electron chi connectivity index (χ2n) is 10.1. The number of fused-ring (bicyclic) bond motifs is 1. The van der Waals surface area contributed by atoms with Gasteiger partial charge in [-0.25, -0.2) is 19.6 Å². The Morgan fingerprint density at radius 1 is 1.08 bits per heavy atom. The van der Waals surface area contributed by atoms with Crippen molar-refractivity contribution in [3.63, 3.8) is 0 Å². The van der Waals surface area contributed by atoms with Crippen molar-refractivity contribution in [1.29, 1.82) is 0 Å². The van der Waals surface area contributed by atoms with Crippen molar-refractivity contribution in [2.45, 2.75) is 26.4 Å². The van der Waals surface area contributed by atoms with Crippen LogP contribution in [0.1, 0.15) is 31.1 Å². The van der Waals surface area contributed by atoms with Gasteiger partial charge in [-0.05, 0) is 32.9 Å². The molecule has 0 spiro atoms. The number of aromatic nitrogens is 4. The number of pyridine rings is 2. The van der Waals surface area contributed by atoms with Crippen molar-refractivity contribution in [2.75, 3.05) is 51.8 Å². The van der Waals surface area contributed by atoms with Gasteiger partial charge < -0.3 is 24.4 Å². The Kier molecular flexibility index (Phi) is 8.29.